The highest BCUT2D eigenvalue weighted by molar-refractivity contribution is 5.85. The van der Waals surface area contributed by atoms with Gasteiger partial charge in [-0.3, -0.25) is 0 Å². The minimum Gasteiger partial charge on any atom is -0.382 e. The third-order valence-electron chi connectivity index (χ3n) is 3.11. The fraction of sp³-hybridized carbons (Fsp3) is 0.333. The molecule has 2 aromatic carbocycles. The highest BCUT2D eigenvalue weighted by Crippen LogP contribution is 2.20. The number of hydrogen-bond donors (Lipinski definition) is 1. The Morgan fingerprint density at radius 1 is 0.938 bits per heavy atom. The molecule has 0 aliphatic carbocycles. The molecule has 1 nitrogen and oxygen atoms in total. The second kappa shape index (κ2) is 5.02. The molecule has 2 aromatic rings. The van der Waals surface area contributed by atoms with E-state index >= 15 is 0 Å². The second-order valence-electron chi connectivity index (χ2n) is 4.22. The number of anilines is 1. The van der Waals surface area contributed by atoms with Crippen LogP contribution in [-0.2, 0) is 0 Å². The number of benzene rings is 2. The average Bonchev–Trinajstić information content (AvgIpc) is 2.35. The van der Waals surface area contributed by atoms with E-state index in [0.717, 1.165) is 0 Å². The van der Waals surface area contributed by atoms with Crippen LogP contribution >= 0.6 is 0 Å². The molecule has 0 atom stereocenters. The van der Waals surface area contributed by atoms with Crippen molar-refractivity contribution in [2.45, 2.75) is 32.7 Å². The highest BCUT2D eigenvalue weighted by Gasteiger charge is 2.02. The van der Waals surface area contributed by atoms with Gasteiger partial charge in [-0.1, -0.05) is 44.2 Å². The molecule has 0 amide bonds. The number of nitrogens with one attached hydrogen (secondary N) is 1. The van der Waals surface area contributed by atoms with Gasteiger partial charge in [0.25, 0.3) is 0 Å². The van der Waals surface area contributed by atoms with Crippen LogP contribution in [0.25, 0.3) is 10.8 Å². The first-order valence-corrected chi connectivity index (χ1v) is 6.08. The molecule has 0 aromatic heterocycles. The van der Waals surface area contributed by atoms with Crippen molar-refractivity contribution in [2.75, 3.05) is 5.32 Å². The summed E-state index contributed by atoms with van der Waals surface area (Å²) in [6.45, 7) is 4.45. The van der Waals surface area contributed by atoms with Gasteiger partial charge in [0.15, 0.2) is 0 Å². The molecular weight excluding hydrogens is 194 g/mol. The van der Waals surface area contributed by atoms with E-state index in [9.17, 15) is 0 Å². The summed E-state index contributed by atoms with van der Waals surface area (Å²) in [5, 5.41) is 6.18. The topological polar surface area (TPSA) is 12.0 Å². The Hall–Kier alpha value is -1.50. The Kier molecular flexibility index (Phi) is 3.45. The van der Waals surface area contributed by atoms with Gasteiger partial charge in [-0.2, -0.15) is 0 Å². The molecule has 0 unspecified atom stereocenters. The van der Waals surface area contributed by atoms with Crippen LogP contribution in [0.4, 0.5) is 5.69 Å². The van der Waals surface area contributed by atoms with Gasteiger partial charge < -0.3 is 5.32 Å². The molecule has 1 heteroatoms. The Balaban J connectivity index is 2.25. The largest absolute Gasteiger partial charge is 0.382 e. The third kappa shape index (κ3) is 2.35. The molecule has 16 heavy (non-hydrogen) atoms. The lowest BCUT2D eigenvalue weighted by Crippen LogP contribution is -2.16. The quantitative estimate of drug-likeness (QED) is 0.791. The van der Waals surface area contributed by atoms with E-state index in [2.05, 4.69) is 61.6 Å². The Labute approximate surface area is 97.5 Å². The monoisotopic (exact) mass is 213 g/mol. The zero-order valence-electron chi connectivity index (χ0n) is 10.0. The van der Waals surface area contributed by atoms with Crippen LogP contribution in [0.1, 0.15) is 26.7 Å². The van der Waals surface area contributed by atoms with Gasteiger partial charge in [-0.15, -0.1) is 0 Å². The predicted molar refractivity (Wildman–Crippen MR) is 71.9 cm³/mol. The van der Waals surface area contributed by atoms with Crippen LogP contribution < -0.4 is 5.32 Å². The lowest BCUT2D eigenvalue weighted by molar-refractivity contribution is 0.672. The minimum atomic E-state index is 0.584. The molecule has 0 fully saturated rings. The van der Waals surface area contributed by atoms with Crippen molar-refractivity contribution in [3.63, 3.8) is 0 Å². The highest BCUT2D eigenvalue weighted by atomic mass is 14.9. The zero-order valence-corrected chi connectivity index (χ0v) is 10.0. The molecule has 0 radical (unpaired) electrons. The predicted octanol–water partition coefficient (Wildman–Crippen LogP) is 4.44. The SMILES string of the molecule is CCC(CC)Nc1ccc2ccccc2c1. The fourth-order valence-corrected chi connectivity index (χ4v) is 2.01. The lowest BCUT2D eigenvalue weighted by Gasteiger charge is -2.16. The second-order valence-corrected chi connectivity index (χ2v) is 4.22. The first-order chi connectivity index (χ1) is 7.83. The summed E-state index contributed by atoms with van der Waals surface area (Å²) in [5.74, 6) is 0. The molecular formula is C15H19N. The van der Waals surface area contributed by atoms with Crippen molar-refractivity contribution >= 4 is 16.5 Å². The third-order valence-corrected chi connectivity index (χ3v) is 3.11. The van der Waals surface area contributed by atoms with Crippen LogP contribution in [-0.4, -0.2) is 6.04 Å². The van der Waals surface area contributed by atoms with Crippen LogP contribution in [0.2, 0.25) is 0 Å². The summed E-state index contributed by atoms with van der Waals surface area (Å²) < 4.78 is 0. The molecule has 0 bridgehead atoms. The number of hydrogen-bond acceptors (Lipinski definition) is 1. The first kappa shape index (κ1) is 11.0. The van der Waals surface area contributed by atoms with E-state index in [4.69, 9.17) is 0 Å². The molecule has 2 rings (SSSR count). The van der Waals surface area contributed by atoms with Gasteiger partial charge in [-0.05, 0) is 35.7 Å². The zero-order chi connectivity index (χ0) is 11.4. The van der Waals surface area contributed by atoms with Crippen molar-refractivity contribution in [3.05, 3.63) is 42.5 Å². The number of rotatable bonds is 4. The summed E-state index contributed by atoms with van der Waals surface area (Å²) in [6.07, 6.45) is 2.34. The van der Waals surface area contributed by atoms with Gasteiger partial charge in [0.2, 0.25) is 0 Å². The maximum Gasteiger partial charge on any atom is 0.0348 e. The van der Waals surface area contributed by atoms with Crippen molar-refractivity contribution in [1.82, 2.24) is 0 Å². The van der Waals surface area contributed by atoms with Crippen molar-refractivity contribution in [2.24, 2.45) is 0 Å². The molecule has 84 valence electrons. The Bertz CT molecular complexity index is 458. The first-order valence-electron chi connectivity index (χ1n) is 6.08. The van der Waals surface area contributed by atoms with E-state index in [1.165, 1.54) is 29.3 Å². The Morgan fingerprint density at radius 2 is 1.62 bits per heavy atom. The lowest BCUT2D eigenvalue weighted by atomic mass is 10.1. The fourth-order valence-electron chi connectivity index (χ4n) is 2.01. The van der Waals surface area contributed by atoms with E-state index < -0.39 is 0 Å². The van der Waals surface area contributed by atoms with Gasteiger partial charge in [-0.25, -0.2) is 0 Å². The molecule has 0 saturated carbocycles. The standard InChI is InChI=1S/C15H19N/c1-3-14(4-2)16-15-10-9-12-7-5-6-8-13(12)11-15/h5-11,14,16H,3-4H2,1-2H3. The van der Waals surface area contributed by atoms with Crippen LogP contribution in [0.3, 0.4) is 0 Å². The van der Waals surface area contributed by atoms with E-state index in [-0.39, 0.29) is 0 Å². The van der Waals surface area contributed by atoms with E-state index in [0.29, 0.717) is 6.04 Å². The van der Waals surface area contributed by atoms with E-state index in [1.807, 2.05) is 0 Å². The molecule has 0 aliphatic heterocycles. The molecule has 0 saturated heterocycles. The van der Waals surface area contributed by atoms with Crippen LogP contribution in [0.15, 0.2) is 42.5 Å². The van der Waals surface area contributed by atoms with Crippen molar-refractivity contribution < 1.29 is 0 Å². The molecule has 0 spiro atoms. The maximum atomic E-state index is 3.57. The molecule has 0 aliphatic rings. The average molecular weight is 213 g/mol. The van der Waals surface area contributed by atoms with Crippen LogP contribution in [0, 0.1) is 0 Å². The Morgan fingerprint density at radius 3 is 2.31 bits per heavy atom. The maximum absolute atomic E-state index is 3.57. The summed E-state index contributed by atoms with van der Waals surface area (Å²) in [6, 6.07) is 15.6. The van der Waals surface area contributed by atoms with Gasteiger partial charge in [0.05, 0.1) is 0 Å². The van der Waals surface area contributed by atoms with Crippen LogP contribution in [0.5, 0.6) is 0 Å². The summed E-state index contributed by atoms with van der Waals surface area (Å²) in [4.78, 5) is 0. The summed E-state index contributed by atoms with van der Waals surface area (Å²) in [7, 11) is 0. The van der Waals surface area contributed by atoms with E-state index in [1.54, 1.807) is 0 Å². The summed E-state index contributed by atoms with van der Waals surface area (Å²) in [5.41, 5.74) is 1.23. The molecule has 0 heterocycles. The van der Waals surface area contributed by atoms with Gasteiger partial charge in [0.1, 0.15) is 0 Å². The molecule has 1 N–H and O–H groups in total. The van der Waals surface area contributed by atoms with Gasteiger partial charge >= 0.3 is 0 Å². The van der Waals surface area contributed by atoms with Crippen molar-refractivity contribution in [1.29, 1.82) is 0 Å². The minimum absolute atomic E-state index is 0.584. The van der Waals surface area contributed by atoms with Gasteiger partial charge in [0, 0.05) is 11.7 Å². The van der Waals surface area contributed by atoms with Crippen molar-refractivity contribution in [3.8, 4) is 0 Å². The normalized spacial score (nSPS) is 10.9. The summed E-state index contributed by atoms with van der Waals surface area (Å²) >= 11 is 0. The smallest absolute Gasteiger partial charge is 0.0348 e. The number of fused-ring (bicyclic) bond motifs is 1.